The Kier molecular flexibility index (Phi) is 9.75. The SMILES string of the molecule is CN(C)C(=O)c1cn(C[C@@]2(O)CCN(C(=O)[C@H](CCO)CC3CCCCC3)CC2(C)C)c(=O)cc1-c1ccccc1. The van der Waals surface area contributed by atoms with Gasteiger partial charge in [-0.1, -0.05) is 76.3 Å². The molecule has 2 N–H and O–H groups in total. The summed E-state index contributed by atoms with van der Waals surface area (Å²) in [6.07, 6.45) is 9.13. The number of hydrogen-bond acceptors (Lipinski definition) is 5. The van der Waals surface area contributed by atoms with Crippen LogP contribution in [0.5, 0.6) is 0 Å². The van der Waals surface area contributed by atoms with Crippen LogP contribution in [-0.2, 0) is 11.3 Å². The average molecular weight is 566 g/mol. The molecule has 0 unspecified atom stereocenters. The van der Waals surface area contributed by atoms with Gasteiger partial charge in [0.05, 0.1) is 17.7 Å². The maximum absolute atomic E-state index is 13.7. The Hall–Kier alpha value is -2.97. The van der Waals surface area contributed by atoms with Crippen LogP contribution in [0.1, 0.15) is 75.6 Å². The molecule has 0 bridgehead atoms. The number of nitrogens with zero attached hydrogens (tertiary/aromatic N) is 3. The van der Waals surface area contributed by atoms with Gasteiger partial charge in [0.2, 0.25) is 5.91 Å². The fourth-order valence-corrected chi connectivity index (χ4v) is 6.67. The number of likely N-dealkylation sites (tertiary alicyclic amines) is 1. The van der Waals surface area contributed by atoms with Crippen LogP contribution < -0.4 is 5.56 Å². The van der Waals surface area contributed by atoms with Gasteiger partial charge < -0.3 is 24.6 Å². The second kappa shape index (κ2) is 12.9. The van der Waals surface area contributed by atoms with Gasteiger partial charge in [0.15, 0.2) is 0 Å². The normalized spacial score (nSPS) is 21.9. The summed E-state index contributed by atoms with van der Waals surface area (Å²) in [6, 6.07) is 10.8. The maximum Gasteiger partial charge on any atom is 0.255 e. The monoisotopic (exact) mass is 565 g/mol. The van der Waals surface area contributed by atoms with Crippen LogP contribution in [0.3, 0.4) is 0 Å². The van der Waals surface area contributed by atoms with Gasteiger partial charge in [0.25, 0.3) is 11.5 Å². The molecule has 1 saturated heterocycles. The lowest BCUT2D eigenvalue weighted by Gasteiger charge is -2.51. The van der Waals surface area contributed by atoms with E-state index < -0.39 is 11.0 Å². The van der Waals surface area contributed by atoms with Gasteiger partial charge in [-0.15, -0.1) is 0 Å². The van der Waals surface area contributed by atoms with Crippen molar-refractivity contribution in [1.82, 2.24) is 14.4 Å². The molecule has 2 aromatic rings. The molecule has 2 atom stereocenters. The zero-order valence-corrected chi connectivity index (χ0v) is 25.1. The number of pyridine rings is 1. The summed E-state index contributed by atoms with van der Waals surface area (Å²) in [7, 11) is 3.35. The largest absolute Gasteiger partial charge is 0.396 e. The minimum absolute atomic E-state index is 0.0137. The summed E-state index contributed by atoms with van der Waals surface area (Å²) < 4.78 is 1.44. The third-order valence-electron chi connectivity index (χ3n) is 9.40. The highest BCUT2D eigenvalue weighted by molar-refractivity contribution is 6.00. The fourth-order valence-electron chi connectivity index (χ4n) is 6.67. The van der Waals surface area contributed by atoms with E-state index in [1.165, 1.54) is 34.8 Å². The molecule has 2 fully saturated rings. The van der Waals surface area contributed by atoms with E-state index in [0.29, 0.717) is 43.0 Å². The van der Waals surface area contributed by atoms with Crippen LogP contribution in [0.15, 0.2) is 47.4 Å². The Morgan fingerprint density at radius 1 is 1.10 bits per heavy atom. The standard InChI is InChI=1S/C33H47N3O5/c1-32(2)22-35(30(39)26(15-18-37)19-24-11-7-5-8-12-24)17-16-33(32,41)23-36-21-28(31(40)34(3)4)27(20-29(36)38)25-13-9-6-10-14-25/h6,9-10,13-14,20-21,24,26,37,41H,5,7-8,11-12,15-19,22-23H2,1-4H3/t26-,33+/m1/s1. The molecule has 4 rings (SSSR count). The molecule has 2 heterocycles. The molecule has 2 aliphatic rings. The number of hydrogen-bond donors (Lipinski definition) is 2. The predicted octanol–water partition coefficient (Wildman–Crippen LogP) is 4.18. The molecule has 1 saturated carbocycles. The van der Waals surface area contributed by atoms with Crippen LogP contribution in [0.25, 0.3) is 11.1 Å². The highest BCUT2D eigenvalue weighted by atomic mass is 16.3. The average Bonchev–Trinajstić information content (AvgIpc) is 2.95. The van der Waals surface area contributed by atoms with Crippen LogP contribution in [0.4, 0.5) is 0 Å². The lowest BCUT2D eigenvalue weighted by atomic mass is 9.69. The molecule has 2 amide bonds. The topological polar surface area (TPSA) is 103 Å². The van der Waals surface area contributed by atoms with Crippen molar-refractivity contribution < 1.29 is 19.8 Å². The van der Waals surface area contributed by atoms with Crippen molar-refractivity contribution in [3.8, 4) is 11.1 Å². The van der Waals surface area contributed by atoms with Gasteiger partial charge in [-0.25, -0.2) is 0 Å². The Bertz CT molecular complexity index is 1270. The van der Waals surface area contributed by atoms with E-state index in [4.69, 9.17) is 0 Å². The fraction of sp³-hybridized carbons (Fsp3) is 0.606. The van der Waals surface area contributed by atoms with E-state index in [1.54, 1.807) is 20.3 Å². The van der Waals surface area contributed by atoms with E-state index in [1.807, 2.05) is 49.1 Å². The molecule has 224 valence electrons. The number of piperidine rings is 1. The van der Waals surface area contributed by atoms with Crippen molar-refractivity contribution in [3.05, 3.63) is 58.5 Å². The molecule has 8 heteroatoms. The van der Waals surface area contributed by atoms with Crippen molar-refractivity contribution in [1.29, 1.82) is 0 Å². The number of aliphatic hydroxyl groups is 2. The van der Waals surface area contributed by atoms with Crippen molar-refractivity contribution in [2.45, 2.75) is 77.4 Å². The van der Waals surface area contributed by atoms with Gasteiger partial charge >= 0.3 is 0 Å². The molecule has 0 radical (unpaired) electrons. The summed E-state index contributed by atoms with van der Waals surface area (Å²) in [5.41, 5.74) is -0.542. The first-order chi connectivity index (χ1) is 19.5. The summed E-state index contributed by atoms with van der Waals surface area (Å²) in [5.74, 6) is 0.154. The van der Waals surface area contributed by atoms with Gasteiger partial charge in [0.1, 0.15) is 0 Å². The van der Waals surface area contributed by atoms with Crippen molar-refractivity contribution in [2.24, 2.45) is 17.3 Å². The van der Waals surface area contributed by atoms with Crippen molar-refractivity contribution in [3.63, 3.8) is 0 Å². The van der Waals surface area contributed by atoms with Crippen molar-refractivity contribution >= 4 is 11.8 Å². The van der Waals surface area contributed by atoms with Crippen LogP contribution in [0, 0.1) is 17.3 Å². The van der Waals surface area contributed by atoms with E-state index in [2.05, 4.69) is 0 Å². The van der Waals surface area contributed by atoms with Gasteiger partial charge in [-0.05, 0) is 30.7 Å². The number of aliphatic hydroxyl groups excluding tert-OH is 1. The number of rotatable bonds is 9. The highest BCUT2D eigenvalue weighted by Crippen LogP contribution is 2.41. The number of amides is 2. The smallest absolute Gasteiger partial charge is 0.255 e. The first-order valence-corrected chi connectivity index (χ1v) is 15.1. The summed E-state index contributed by atoms with van der Waals surface area (Å²) in [5, 5.41) is 21.7. The molecule has 1 aliphatic carbocycles. The van der Waals surface area contributed by atoms with Crippen molar-refractivity contribution in [2.75, 3.05) is 33.8 Å². The third kappa shape index (κ3) is 6.92. The van der Waals surface area contributed by atoms with Crippen LogP contribution >= 0.6 is 0 Å². The van der Waals surface area contributed by atoms with Crippen LogP contribution in [0.2, 0.25) is 0 Å². The Morgan fingerprint density at radius 2 is 1.78 bits per heavy atom. The quantitative estimate of drug-likeness (QED) is 0.475. The minimum Gasteiger partial charge on any atom is -0.396 e. The van der Waals surface area contributed by atoms with E-state index in [9.17, 15) is 24.6 Å². The van der Waals surface area contributed by atoms with E-state index in [-0.39, 0.29) is 36.4 Å². The second-order valence-corrected chi connectivity index (χ2v) is 13.0. The van der Waals surface area contributed by atoms with E-state index >= 15 is 0 Å². The first kappa shape index (κ1) is 31.0. The molecular formula is C33H47N3O5. The summed E-state index contributed by atoms with van der Waals surface area (Å²) in [4.78, 5) is 43.5. The Balaban J connectivity index is 1.56. The molecule has 0 spiro atoms. The highest BCUT2D eigenvalue weighted by Gasteiger charge is 2.49. The molecule has 1 aromatic heterocycles. The zero-order valence-electron chi connectivity index (χ0n) is 25.1. The Labute approximate surface area is 244 Å². The van der Waals surface area contributed by atoms with Gasteiger partial charge in [0, 0.05) is 63.0 Å². The molecule has 1 aliphatic heterocycles. The van der Waals surface area contributed by atoms with Gasteiger partial charge in [-0.3, -0.25) is 14.4 Å². The summed E-state index contributed by atoms with van der Waals surface area (Å²) in [6.45, 7) is 4.61. The third-order valence-corrected chi connectivity index (χ3v) is 9.40. The minimum atomic E-state index is -1.27. The summed E-state index contributed by atoms with van der Waals surface area (Å²) >= 11 is 0. The van der Waals surface area contributed by atoms with Crippen LogP contribution in [-0.4, -0.2) is 75.8 Å². The molecular weight excluding hydrogens is 518 g/mol. The lowest BCUT2D eigenvalue weighted by Crippen LogP contribution is -2.61. The van der Waals surface area contributed by atoms with E-state index in [0.717, 1.165) is 24.8 Å². The molecule has 1 aromatic carbocycles. The number of aromatic nitrogens is 1. The second-order valence-electron chi connectivity index (χ2n) is 13.0. The lowest BCUT2D eigenvalue weighted by molar-refractivity contribution is -0.158. The zero-order chi connectivity index (χ0) is 29.8. The van der Waals surface area contributed by atoms with Gasteiger partial charge in [-0.2, -0.15) is 0 Å². The Morgan fingerprint density at radius 3 is 2.39 bits per heavy atom. The number of carbonyl (C=O) groups is 2. The number of carbonyl (C=O) groups excluding carboxylic acids is 2. The first-order valence-electron chi connectivity index (χ1n) is 15.1. The molecule has 41 heavy (non-hydrogen) atoms. The predicted molar refractivity (Wildman–Crippen MR) is 160 cm³/mol. The molecule has 8 nitrogen and oxygen atoms in total. The maximum atomic E-state index is 13.7. The number of benzene rings is 1.